The van der Waals surface area contributed by atoms with E-state index in [9.17, 15) is 4.79 Å². The van der Waals surface area contributed by atoms with E-state index >= 15 is 0 Å². The molecule has 0 atom stereocenters. The van der Waals surface area contributed by atoms with Gasteiger partial charge < -0.3 is 10.2 Å². The van der Waals surface area contributed by atoms with Crippen LogP contribution in [0.2, 0.25) is 4.34 Å². The Morgan fingerprint density at radius 3 is 2.73 bits per heavy atom. The number of piperidine rings is 1. The normalized spacial score (nSPS) is 16.2. The van der Waals surface area contributed by atoms with Crippen molar-refractivity contribution in [3.05, 3.63) is 21.3 Å². The second kappa shape index (κ2) is 8.87. The lowest BCUT2D eigenvalue weighted by atomic mass is 10.0. The number of nitrogens with one attached hydrogen (secondary N) is 1. The van der Waals surface area contributed by atoms with Crippen molar-refractivity contribution in [3.63, 3.8) is 0 Å². The predicted molar refractivity (Wildman–Crippen MR) is 93.6 cm³/mol. The number of hydrogen-bond donors (Lipinski definition) is 1. The molecule has 1 saturated heterocycles. The van der Waals surface area contributed by atoms with Crippen LogP contribution < -0.4 is 5.32 Å². The van der Waals surface area contributed by atoms with Crippen LogP contribution in [-0.4, -0.2) is 55.0 Å². The highest BCUT2D eigenvalue weighted by Gasteiger charge is 2.23. The Balaban J connectivity index is 1.88. The fraction of sp³-hybridized carbons (Fsp3) is 0.688. The maximum atomic E-state index is 12.5. The van der Waals surface area contributed by atoms with Crippen molar-refractivity contribution in [1.29, 1.82) is 0 Å². The average molecular weight is 344 g/mol. The number of thiophene rings is 1. The van der Waals surface area contributed by atoms with E-state index in [1.807, 2.05) is 24.1 Å². The van der Waals surface area contributed by atoms with Gasteiger partial charge >= 0.3 is 0 Å². The number of amides is 1. The molecule has 1 amide bonds. The van der Waals surface area contributed by atoms with Crippen LogP contribution >= 0.6 is 22.9 Å². The number of nitrogens with zero attached hydrogens (tertiary/aromatic N) is 2. The van der Waals surface area contributed by atoms with Crippen LogP contribution in [0.4, 0.5) is 0 Å². The van der Waals surface area contributed by atoms with E-state index in [1.54, 1.807) is 11.3 Å². The summed E-state index contributed by atoms with van der Waals surface area (Å²) in [4.78, 5) is 17.8. The van der Waals surface area contributed by atoms with Crippen molar-refractivity contribution in [2.75, 3.05) is 33.2 Å². The summed E-state index contributed by atoms with van der Waals surface area (Å²) in [6.07, 6.45) is 3.36. The zero-order chi connectivity index (χ0) is 15.9. The fourth-order valence-electron chi connectivity index (χ4n) is 2.90. The first-order chi connectivity index (χ1) is 10.6. The van der Waals surface area contributed by atoms with Gasteiger partial charge in [-0.2, -0.15) is 0 Å². The minimum Gasteiger partial charge on any atom is -0.340 e. The van der Waals surface area contributed by atoms with Crippen molar-refractivity contribution < 1.29 is 4.79 Å². The number of hydrogen-bond acceptors (Lipinski definition) is 4. The van der Waals surface area contributed by atoms with Crippen LogP contribution in [0, 0.1) is 0 Å². The quantitative estimate of drug-likeness (QED) is 0.827. The van der Waals surface area contributed by atoms with Gasteiger partial charge in [-0.05, 0) is 51.0 Å². The molecule has 6 heteroatoms. The second-order valence-electron chi connectivity index (χ2n) is 5.91. The maximum absolute atomic E-state index is 12.5. The number of carbonyl (C=O) groups is 1. The molecule has 1 fully saturated rings. The van der Waals surface area contributed by atoms with Crippen molar-refractivity contribution in [1.82, 2.24) is 15.1 Å². The highest BCUT2D eigenvalue weighted by molar-refractivity contribution is 7.16. The van der Waals surface area contributed by atoms with Crippen LogP contribution in [0.15, 0.2) is 12.1 Å². The first-order valence-electron chi connectivity index (χ1n) is 8.03. The minimum absolute atomic E-state index is 0.191. The number of halogens is 1. The Morgan fingerprint density at radius 2 is 2.14 bits per heavy atom. The van der Waals surface area contributed by atoms with Crippen LogP contribution in [0.25, 0.3) is 0 Å². The summed E-state index contributed by atoms with van der Waals surface area (Å²) in [7, 11) is 1.88. The molecule has 0 radical (unpaired) electrons. The van der Waals surface area contributed by atoms with Crippen molar-refractivity contribution in [2.24, 2.45) is 0 Å². The predicted octanol–water partition coefficient (Wildman–Crippen LogP) is 2.82. The highest BCUT2D eigenvalue weighted by Crippen LogP contribution is 2.22. The molecule has 0 saturated carbocycles. The lowest BCUT2D eigenvalue weighted by Gasteiger charge is -2.34. The van der Waals surface area contributed by atoms with Gasteiger partial charge in [0, 0.05) is 18.0 Å². The van der Waals surface area contributed by atoms with E-state index < -0.39 is 0 Å². The summed E-state index contributed by atoms with van der Waals surface area (Å²) < 4.78 is 0.776. The second-order valence-corrected chi connectivity index (χ2v) is 7.71. The van der Waals surface area contributed by atoms with Crippen molar-refractivity contribution in [2.45, 2.75) is 38.8 Å². The van der Waals surface area contributed by atoms with Crippen LogP contribution in [0.5, 0.6) is 0 Å². The molecule has 2 heterocycles. The first kappa shape index (κ1) is 17.7. The average Bonchev–Trinajstić information content (AvgIpc) is 2.92. The highest BCUT2D eigenvalue weighted by atomic mass is 35.5. The lowest BCUT2D eigenvalue weighted by Crippen LogP contribution is -2.47. The van der Waals surface area contributed by atoms with Gasteiger partial charge in [0.15, 0.2) is 0 Å². The molecule has 0 aromatic carbocycles. The summed E-state index contributed by atoms with van der Waals surface area (Å²) in [6, 6.07) is 4.42. The van der Waals surface area contributed by atoms with Crippen molar-refractivity contribution >= 4 is 28.8 Å². The summed E-state index contributed by atoms with van der Waals surface area (Å²) in [5.74, 6) is 0.191. The van der Waals surface area contributed by atoms with E-state index in [1.165, 1.54) is 0 Å². The van der Waals surface area contributed by atoms with Gasteiger partial charge in [0.25, 0.3) is 0 Å². The Morgan fingerprint density at radius 1 is 1.41 bits per heavy atom. The summed E-state index contributed by atoms with van der Waals surface area (Å²) in [5, 5.41) is 3.39. The van der Waals surface area contributed by atoms with Gasteiger partial charge in [-0.25, -0.2) is 0 Å². The minimum atomic E-state index is 0.191. The van der Waals surface area contributed by atoms with Crippen LogP contribution in [0.1, 0.15) is 31.1 Å². The lowest BCUT2D eigenvalue weighted by molar-refractivity contribution is -0.132. The molecule has 1 aromatic heterocycles. The summed E-state index contributed by atoms with van der Waals surface area (Å²) in [5.41, 5.74) is 0. The third kappa shape index (κ3) is 5.23. The molecule has 0 bridgehead atoms. The van der Waals surface area contributed by atoms with E-state index in [0.717, 1.165) is 48.1 Å². The van der Waals surface area contributed by atoms with Gasteiger partial charge in [0.1, 0.15) is 0 Å². The SMILES string of the molecule is CCCN(CC(=O)N(C)Cc1ccc(Cl)s1)C1CCNCC1. The van der Waals surface area contributed by atoms with E-state index in [-0.39, 0.29) is 5.91 Å². The monoisotopic (exact) mass is 343 g/mol. The number of likely N-dealkylation sites (N-methyl/N-ethyl adjacent to an activating group) is 1. The van der Waals surface area contributed by atoms with Gasteiger partial charge in [0.2, 0.25) is 5.91 Å². The molecule has 4 nitrogen and oxygen atoms in total. The summed E-state index contributed by atoms with van der Waals surface area (Å²) >= 11 is 7.49. The molecule has 1 aromatic rings. The Labute approximate surface area is 142 Å². The van der Waals surface area contributed by atoms with Crippen LogP contribution in [-0.2, 0) is 11.3 Å². The third-order valence-electron chi connectivity index (χ3n) is 4.12. The molecule has 0 unspecified atom stereocenters. The smallest absolute Gasteiger partial charge is 0.236 e. The zero-order valence-electron chi connectivity index (χ0n) is 13.5. The van der Waals surface area contributed by atoms with Gasteiger partial charge in [-0.15, -0.1) is 11.3 Å². The number of rotatable bonds is 7. The van der Waals surface area contributed by atoms with Gasteiger partial charge in [-0.1, -0.05) is 18.5 Å². The number of carbonyl (C=O) groups excluding carboxylic acids is 1. The maximum Gasteiger partial charge on any atom is 0.236 e. The molecule has 1 aliphatic heterocycles. The zero-order valence-corrected chi connectivity index (χ0v) is 15.1. The van der Waals surface area contributed by atoms with E-state index in [0.29, 0.717) is 19.1 Å². The molecule has 1 N–H and O–H groups in total. The van der Waals surface area contributed by atoms with E-state index in [2.05, 4.69) is 17.1 Å². The largest absolute Gasteiger partial charge is 0.340 e. The third-order valence-corrected chi connectivity index (χ3v) is 5.34. The van der Waals surface area contributed by atoms with Gasteiger partial charge in [-0.3, -0.25) is 9.69 Å². The van der Waals surface area contributed by atoms with E-state index in [4.69, 9.17) is 11.6 Å². The Bertz CT molecular complexity index is 474. The van der Waals surface area contributed by atoms with Gasteiger partial charge in [0.05, 0.1) is 17.4 Å². The molecular weight excluding hydrogens is 318 g/mol. The molecule has 1 aliphatic rings. The molecule has 2 rings (SSSR count). The standard InChI is InChI=1S/C16H26ClN3OS/c1-3-10-20(13-6-8-18-9-7-13)12-16(21)19(2)11-14-4-5-15(17)22-14/h4-5,13,18H,3,6-12H2,1-2H3. The molecule has 22 heavy (non-hydrogen) atoms. The summed E-state index contributed by atoms with van der Waals surface area (Å²) in [6.45, 7) is 6.45. The Kier molecular flexibility index (Phi) is 7.15. The van der Waals surface area contributed by atoms with Crippen molar-refractivity contribution in [3.8, 4) is 0 Å². The first-order valence-corrected chi connectivity index (χ1v) is 9.22. The Hall–Kier alpha value is -0.620. The molecular formula is C16H26ClN3OS. The fourth-order valence-corrected chi connectivity index (χ4v) is 4.04. The topological polar surface area (TPSA) is 35.6 Å². The van der Waals surface area contributed by atoms with Crippen LogP contribution in [0.3, 0.4) is 0 Å². The molecule has 0 spiro atoms. The molecule has 0 aliphatic carbocycles. The molecule has 124 valence electrons.